The molecule has 2 rings (SSSR count). The smallest absolute Gasteiger partial charge is 0.224 e. The zero-order valence-electron chi connectivity index (χ0n) is 10.3. The van der Waals surface area contributed by atoms with Crippen molar-refractivity contribution in [1.82, 2.24) is 19.5 Å². The average Bonchev–Trinajstić information content (AvgIpc) is 2.87. The number of nitrogens with zero attached hydrogens (tertiary/aromatic N) is 4. The molecule has 0 unspecified atom stereocenters. The minimum Gasteiger partial charge on any atom is -0.370 e. The van der Waals surface area contributed by atoms with Gasteiger partial charge in [0.2, 0.25) is 5.28 Å². The largest absolute Gasteiger partial charge is 0.370 e. The third-order valence-corrected chi connectivity index (χ3v) is 2.74. The molecule has 2 aromatic rings. The molecule has 96 valence electrons. The van der Waals surface area contributed by atoms with Crippen LogP contribution in [0.1, 0.15) is 19.0 Å². The maximum absolute atomic E-state index is 5.85. The molecule has 0 fully saturated rings. The number of nitrogens with one attached hydrogen (secondary N) is 1. The van der Waals surface area contributed by atoms with Crippen LogP contribution in [0.5, 0.6) is 0 Å². The number of imidazole rings is 1. The number of aromatic nitrogens is 4. The lowest BCUT2D eigenvalue weighted by atomic mass is 10.3. The van der Waals surface area contributed by atoms with Crippen molar-refractivity contribution in [3.8, 4) is 0 Å². The Morgan fingerprint density at radius 1 is 1.39 bits per heavy atom. The van der Waals surface area contributed by atoms with Gasteiger partial charge in [0.25, 0.3) is 0 Å². The van der Waals surface area contributed by atoms with Gasteiger partial charge in [0.15, 0.2) is 0 Å². The van der Waals surface area contributed by atoms with Crippen LogP contribution >= 0.6 is 11.6 Å². The van der Waals surface area contributed by atoms with Crippen molar-refractivity contribution in [3.05, 3.63) is 35.8 Å². The highest BCUT2D eigenvalue weighted by Crippen LogP contribution is 2.10. The molecule has 6 heteroatoms. The van der Waals surface area contributed by atoms with E-state index in [2.05, 4.69) is 20.3 Å². The highest BCUT2D eigenvalue weighted by Gasteiger charge is 2.01. The number of hydrogen-bond donors (Lipinski definition) is 1. The Bertz CT molecular complexity index is 483. The monoisotopic (exact) mass is 265 g/mol. The fourth-order valence-corrected chi connectivity index (χ4v) is 1.83. The first-order valence-electron chi connectivity index (χ1n) is 6.01. The first-order chi connectivity index (χ1) is 8.78. The van der Waals surface area contributed by atoms with Gasteiger partial charge < -0.3 is 9.88 Å². The minimum atomic E-state index is 0.298. The number of aryl methyl sites for hydroxylation is 2. The summed E-state index contributed by atoms with van der Waals surface area (Å²) < 4.78 is 2.05. The second-order valence-electron chi connectivity index (χ2n) is 3.95. The highest BCUT2D eigenvalue weighted by atomic mass is 35.5. The van der Waals surface area contributed by atoms with Gasteiger partial charge in [0.05, 0.1) is 6.33 Å². The zero-order valence-corrected chi connectivity index (χ0v) is 11.1. The molecule has 0 aromatic carbocycles. The van der Waals surface area contributed by atoms with Crippen LogP contribution in [0, 0.1) is 0 Å². The summed E-state index contributed by atoms with van der Waals surface area (Å²) in [7, 11) is 0. The standard InChI is InChI=1S/C12H16ClN5/c1-2-10-8-11(17-12(13)16-10)15-4-3-6-18-7-5-14-9-18/h5,7-9H,2-4,6H2,1H3,(H,15,16,17). The maximum Gasteiger partial charge on any atom is 0.224 e. The van der Waals surface area contributed by atoms with Gasteiger partial charge in [-0.3, -0.25) is 0 Å². The first-order valence-corrected chi connectivity index (χ1v) is 6.39. The quantitative estimate of drug-likeness (QED) is 0.644. The fourth-order valence-electron chi connectivity index (χ4n) is 1.63. The van der Waals surface area contributed by atoms with E-state index >= 15 is 0 Å². The van der Waals surface area contributed by atoms with Crippen molar-refractivity contribution in [3.63, 3.8) is 0 Å². The van der Waals surface area contributed by atoms with E-state index in [0.717, 1.165) is 37.4 Å². The molecule has 0 amide bonds. The number of hydrogen-bond acceptors (Lipinski definition) is 4. The van der Waals surface area contributed by atoms with Crippen LogP contribution in [0.15, 0.2) is 24.8 Å². The van der Waals surface area contributed by atoms with Crippen molar-refractivity contribution < 1.29 is 0 Å². The summed E-state index contributed by atoms with van der Waals surface area (Å²) in [6, 6.07) is 1.93. The van der Waals surface area contributed by atoms with Gasteiger partial charge in [0.1, 0.15) is 5.82 Å². The predicted octanol–water partition coefficient (Wildman–Crippen LogP) is 2.39. The van der Waals surface area contributed by atoms with E-state index in [9.17, 15) is 0 Å². The number of halogens is 1. The van der Waals surface area contributed by atoms with Crippen molar-refractivity contribution >= 4 is 17.4 Å². The Morgan fingerprint density at radius 3 is 3.00 bits per heavy atom. The van der Waals surface area contributed by atoms with Gasteiger partial charge in [-0.2, -0.15) is 0 Å². The van der Waals surface area contributed by atoms with Crippen molar-refractivity contribution in [2.75, 3.05) is 11.9 Å². The lowest BCUT2D eigenvalue weighted by molar-refractivity contribution is 0.660. The van der Waals surface area contributed by atoms with E-state index in [1.807, 2.05) is 30.1 Å². The summed E-state index contributed by atoms with van der Waals surface area (Å²) in [6.07, 6.45) is 7.41. The molecule has 0 aliphatic carbocycles. The molecule has 0 aliphatic heterocycles. The molecule has 2 aromatic heterocycles. The summed E-state index contributed by atoms with van der Waals surface area (Å²) in [6.45, 7) is 3.82. The van der Waals surface area contributed by atoms with E-state index in [1.165, 1.54) is 0 Å². The molecule has 0 saturated heterocycles. The maximum atomic E-state index is 5.85. The average molecular weight is 266 g/mol. The van der Waals surface area contributed by atoms with Gasteiger partial charge >= 0.3 is 0 Å². The van der Waals surface area contributed by atoms with Crippen LogP contribution < -0.4 is 5.32 Å². The minimum absolute atomic E-state index is 0.298. The van der Waals surface area contributed by atoms with Gasteiger partial charge in [-0.05, 0) is 24.4 Å². The van der Waals surface area contributed by atoms with Crippen molar-refractivity contribution in [2.24, 2.45) is 0 Å². The van der Waals surface area contributed by atoms with Crippen LogP contribution in [-0.4, -0.2) is 26.1 Å². The molecule has 1 N–H and O–H groups in total. The Kier molecular flexibility index (Phi) is 4.52. The fraction of sp³-hybridized carbons (Fsp3) is 0.417. The Labute approximate surface area is 111 Å². The number of rotatable bonds is 6. The summed E-state index contributed by atoms with van der Waals surface area (Å²) in [5.74, 6) is 0.789. The van der Waals surface area contributed by atoms with E-state index < -0.39 is 0 Å². The number of anilines is 1. The zero-order chi connectivity index (χ0) is 12.8. The lowest BCUT2D eigenvalue weighted by Gasteiger charge is -2.07. The van der Waals surface area contributed by atoms with E-state index in [4.69, 9.17) is 11.6 Å². The van der Waals surface area contributed by atoms with Crippen LogP contribution in [-0.2, 0) is 13.0 Å². The molecule has 0 atom stereocenters. The molecule has 0 spiro atoms. The third kappa shape index (κ3) is 3.70. The molecular weight excluding hydrogens is 250 g/mol. The summed E-state index contributed by atoms with van der Waals surface area (Å²) >= 11 is 5.85. The predicted molar refractivity (Wildman–Crippen MR) is 71.8 cm³/mol. The molecule has 0 bridgehead atoms. The summed E-state index contributed by atoms with van der Waals surface area (Å²) in [5.41, 5.74) is 0.951. The first kappa shape index (κ1) is 12.8. The van der Waals surface area contributed by atoms with Gasteiger partial charge in [0, 0.05) is 37.2 Å². The molecule has 0 saturated carbocycles. The van der Waals surface area contributed by atoms with Crippen LogP contribution in [0.4, 0.5) is 5.82 Å². The third-order valence-electron chi connectivity index (χ3n) is 2.57. The van der Waals surface area contributed by atoms with Crippen LogP contribution in [0.3, 0.4) is 0 Å². The molecule has 0 radical (unpaired) electrons. The van der Waals surface area contributed by atoms with E-state index in [0.29, 0.717) is 5.28 Å². The van der Waals surface area contributed by atoms with Gasteiger partial charge in [-0.15, -0.1) is 0 Å². The summed E-state index contributed by atoms with van der Waals surface area (Å²) in [5, 5.41) is 3.55. The Morgan fingerprint density at radius 2 is 2.28 bits per heavy atom. The van der Waals surface area contributed by atoms with Crippen LogP contribution in [0.2, 0.25) is 5.28 Å². The van der Waals surface area contributed by atoms with Crippen LogP contribution in [0.25, 0.3) is 0 Å². The highest BCUT2D eigenvalue weighted by molar-refractivity contribution is 6.28. The molecule has 0 aliphatic rings. The van der Waals surface area contributed by atoms with Crippen molar-refractivity contribution in [2.45, 2.75) is 26.3 Å². The lowest BCUT2D eigenvalue weighted by Crippen LogP contribution is -2.08. The van der Waals surface area contributed by atoms with Crippen molar-refractivity contribution in [1.29, 1.82) is 0 Å². The van der Waals surface area contributed by atoms with Gasteiger partial charge in [-0.1, -0.05) is 6.92 Å². The second-order valence-corrected chi connectivity index (χ2v) is 4.29. The molecule has 5 nitrogen and oxygen atoms in total. The molecular formula is C12H16ClN5. The summed E-state index contributed by atoms with van der Waals surface area (Å²) in [4.78, 5) is 12.3. The SMILES string of the molecule is CCc1cc(NCCCn2ccnc2)nc(Cl)n1. The van der Waals surface area contributed by atoms with Gasteiger partial charge in [-0.25, -0.2) is 15.0 Å². The molecule has 18 heavy (non-hydrogen) atoms. The Balaban J connectivity index is 1.81. The Hall–Kier alpha value is -1.62. The van der Waals surface area contributed by atoms with E-state index in [1.54, 1.807) is 6.20 Å². The topological polar surface area (TPSA) is 55.6 Å². The normalized spacial score (nSPS) is 10.6. The second kappa shape index (κ2) is 6.35. The molecule has 2 heterocycles. The van der Waals surface area contributed by atoms with E-state index in [-0.39, 0.29) is 0 Å².